The van der Waals surface area contributed by atoms with Crippen LogP contribution in [0.2, 0.25) is 5.02 Å². The third kappa shape index (κ3) is 3.06. The van der Waals surface area contributed by atoms with Gasteiger partial charge in [0, 0.05) is 12.0 Å². The minimum Gasteiger partial charge on any atom is -0.486 e. The molecule has 0 fully saturated rings. The first-order valence-corrected chi connectivity index (χ1v) is 8.64. The van der Waals surface area contributed by atoms with Crippen LogP contribution < -0.4 is 9.47 Å². The monoisotopic (exact) mass is 369 g/mol. The molecule has 0 spiro atoms. The van der Waals surface area contributed by atoms with Gasteiger partial charge in [0.05, 0.1) is 10.6 Å². The van der Waals surface area contributed by atoms with Gasteiger partial charge < -0.3 is 14.0 Å². The quantitative estimate of drug-likeness (QED) is 0.633. The van der Waals surface area contributed by atoms with E-state index in [0.717, 1.165) is 5.56 Å². The zero-order chi connectivity index (χ0) is 18.1. The normalized spacial score (nSPS) is 12.8. The topological polar surface area (TPSA) is 61.6 Å². The van der Waals surface area contributed by atoms with Crippen LogP contribution >= 0.6 is 11.6 Å². The Morgan fingerprint density at radius 3 is 2.69 bits per heavy atom. The number of carbonyl (C=O) groups is 1. The molecule has 2 aromatic carbocycles. The molecule has 0 bridgehead atoms. The number of halogens is 1. The van der Waals surface area contributed by atoms with Crippen LogP contribution in [0.1, 0.15) is 21.7 Å². The molecule has 0 atom stereocenters. The maximum Gasteiger partial charge on any atom is 0.173 e. The highest BCUT2D eigenvalue weighted by Crippen LogP contribution is 2.33. The van der Waals surface area contributed by atoms with Crippen molar-refractivity contribution >= 4 is 17.4 Å². The smallest absolute Gasteiger partial charge is 0.173 e. The summed E-state index contributed by atoms with van der Waals surface area (Å²) in [4.78, 5) is 13.0. The van der Waals surface area contributed by atoms with Crippen molar-refractivity contribution < 1.29 is 18.8 Å². The zero-order valence-electron chi connectivity index (χ0n) is 14.1. The maximum absolute atomic E-state index is 13.0. The predicted molar refractivity (Wildman–Crippen MR) is 97.2 cm³/mol. The molecule has 1 aliphatic heterocycles. The fourth-order valence-corrected chi connectivity index (χ4v) is 3.23. The van der Waals surface area contributed by atoms with Gasteiger partial charge >= 0.3 is 0 Å². The van der Waals surface area contributed by atoms with Crippen molar-refractivity contribution in [2.75, 3.05) is 13.2 Å². The van der Waals surface area contributed by atoms with Crippen molar-refractivity contribution in [3.05, 3.63) is 64.4 Å². The van der Waals surface area contributed by atoms with Gasteiger partial charge in [-0.1, -0.05) is 41.0 Å². The van der Waals surface area contributed by atoms with Gasteiger partial charge in [-0.2, -0.15) is 0 Å². The SMILES string of the molecule is Cc1onc(-c2ccccc2Cl)c1C(=O)Cc1ccc2c(c1)OCCO2. The molecular formula is C20H16ClNO4. The molecule has 0 unspecified atom stereocenters. The molecule has 3 aromatic rings. The lowest BCUT2D eigenvalue weighted by Gasteiger charge is -2.18. The molecule has 1 aliphatic rings. The Morgan fingerprint density at radius 2 is 1.88 bits per heavy atom. The highest BCUT2D eigenvalue weighted by Gasteiger charge is 2.23. The second-order valence-corrected chi connectivity index (χ2v) is 6.43. The molecular weight excluding hydrogens is 354 g/mol. The third-order valence-corrected chi connectivity index (χ3v) is 4.57. The lowest BCUT2D eigenvalue weighted by molar-refractivity contribution is 0.0992. The van der Waals surface area contributed by atoms with E-state index in [1.54, 1.807) is 13.0 Å². The molecule has 26 heavy (non-hydrogen) atoms. The number of hydrogen-bond acceptors (Lipinski definition) is 5. The summed E-state index contributed by atoms with van der Waals surface area (Å²) in [7, 11) is 0. The van der Waals surface area contributed by atoms with E-state index < -0.39 is 0 Å². The molecule has 6 heteroatoms. The third-order valence-electron chi connectivity index (χ3n) is 4.24. The summed E-state index contributed by atoms with van der Waals surface area (Å²) < 4.78 is 16.4. The minimum absolute atomic E-state index is 0.0876. The van der Waals surface area contributed by atoms with Crippen LogP contribution in [-0.2, 0) is 6.42 Å². The van der Waals surface area contributed by atoms with Crippen molar-refractivity contribution in [1.82, 2.24) is 5.16 Å². The average Bonchev–Trinajstić information content (AvgIpc) is 3.03. The van der Waals surface area contributed by atoms with E-state index >= 15 is 0 Å². The molecule has 1 aromatic heterocycles. The van der Waals surface area contributed by atoms with E-state index in [2.05, 4.69) is 5.16 Å². The molecule has 0 saturated heterocycles. The van der Waals surface area contributed by atoms with E-state index in [1.165, 1.54) is 0 Å². The average molecular weight is 370 g/mol. The molecule has 0 amide bonds. The molecule has 0 saturated carbocycles. The van der Waals surface area contributed by atoms with Crippen molar-refractivity contribution in [3.8, 4) is 22.8 Å². The van der Waals surface area contributed by atoms with Crippen molar-refractivity contribution in [3.63, 3.8) is 0 Å². The van der Waals surface area contributed by atoms with Gasteiger partial charge in [0.1, 0.15) is 24.7 Å². The molecule has 0 aliphatic carbocycles. The summed E-state index contributed by atoms with van der Waals surface area (Å²) in [5.74, 6) is 1.75. The van der Waals surface area contributed by atoms with Crippen LogP contribution in [0.25, 0.3) is 11.3 Å². The molecule has 0 N–H and O–H groups in total. The summed E-state index contributed by atoms with van der Waals surface area (Å²) in [5.41, 5.74) is 2.44. The highest BCUT2D eigenvalue weighted by atomic mass is 35.5. The van der Waals surface area contributed by atoms with Crippen LogP contribution in [0.4, 0.5) is 0 Å². The number of carbonyl (C=O) groups excluding carboxylic acids is 1. The highest BCUT2D eigenvalue weighted by molar-refractivity contribution is 6.33. The summed E-state index contributed by atoms with van der Waals surface area (Å²) in [6.07, 6.45) is 0.205. The van der Waals surface area contributed by atoms with Gasteiger partial charge in [-0.3, -0.25) is 4.79 Å². The van der Waals surface area contributed by atoms with Gasteiger partial charge in [0.15, 0.2) is 17.3 Å². The summed E-state index contributed by atoms with van der Waals surface area (Å²) in [5, 5.41) is 4.58. The maximum atomic E-state index is 13.0. The number of ketones is 1. The summed E-state index contributed by atoms with van der Waals surface area (Å²) in [6.45, 7) is 2.77. The van der Waals surface area contributed by atoms with Crippen molar-refractivity contribution in [1.29, 1.82) is 0 Å². The number of ether oxygens (including phenoxy) is 2. The molecule has 2 heterocycles. The Bertz CT molecular complexity index is 980. The molecule has 5 nitrogen and oxygen atoms in total. The van der Waals surface area contributed by atoms with Crippen molar-refractivity contribution in [2.45, 2.75) is 13.3 Å². The van der Waals surface area contributed by atoms with E-state index in [1.807, 2.05) is 36.4 Å². The van der Waals surface area contributed by atoms with Crippen LogP contribution in [0.15, 0.2) is 47.0 Å². The lowest BCUT2D eigenvalue weighted by atomic mass is 9.98. The Kier molecular flexibility index (Phi) is 4.39. The van der Waals surface area contributed by atoms with Gasteiger partial charge in [-0.05, 0) is 30.7 Å². The first-order valence-electron chi connectivity index (χ1n) is 8.26. The Labute approximate surface area is 155 Å². The van der Waals surface area contributed by atoms with Crippen molar-refractivity contribution in [2.24, 2.45) is 0 Å². The number of benzene rings is 2. The fourth-order valence-electron chi connectivity index (χ4n) is 3.01. The van der Waals surface area contributed by atoms with Gasteiger partial charge in [-0.15, -0.1) is 0 Å². The molecule has 4 rings (SSSR count). The summed E-state index contributed by atoms with van der Waals surface area (Å²) >= 11 is 6.26. The number of nitrogens with zero attached hydrogens (tertiary/aromatic N) is 1. The van der Waals surface area contributed by atoms with Gasteiger partial charge in [0.25, 0.3) is 0 Å². The second kappa shape index (κ2) is 6.84. The van der Waals surface area contributed by atoms with E-state index in [0.29, 0.717) is 52.3 Å². The number of Topliss-reactive ketones (excluding diaryl/α,β-unsaturated/α-hetero) is 1. The first kappa shape index (κ1) is 16.7. The molecule has 0 radical (unpaired) electrons. The first-order chi connectivity index (χ1) is 12.6. The Balaban J connectivity index is 1.65. The fraction of sp³-hybridized carbons (Fsp3) is 0.200. The van der Waals surface area contributed by atoms with Crippen LogP contribution in [0, 0.1) is 6.92 Å². The number of aromatic nitrogens is 1. The zero-order valence-corrected chi connectivity index (χ0v) is 14.9. The number of aryl methyl sites for hydroxylation is 1. The molecule has 132 valence electrons. The number of fused-ring (bicyclic) bond motifs is 1. The number of hydrogen-bond donors (Lipinski definition) is 0. The number of rotatable bonds is 4. The van der Waals surface area contributed by atoms with E-state index in [4.69, 9.17) is 25.6 Å². The van der Waals surface area contributed by atoms with E-state index in [-0.39, 0.29) is 12.2 Å². The second-order valence-electron chi connectivity index (χ2n) is 6.02. The standard InChI is InChI=1S/C20H16ClNO4/c1-12-19(20(22-26-12)14-4-2-3-5-15(14)21)16(23)10-13-6-7-17-18(11-13)25-9-8-24-17/h2-7,11H,8-10H2,1H3. The summed E-state index contributed by atoms with van der Waals surface area (Å²) in [6, 6.07) is 12.8. The predicted octanol–water partition coefficient (Wildman–Crippen LogP) is 4.50. The Morgan fingerprint density at radius 1 is 1.12 bits per heavy atom. The van der Waals surface area contributed by atoms with Crippen LogP contribution in [-0.4, -0.2) is 24.2 Å². The minimum atomic E-state index is -0.0876. The van der Waals surface area contributed by atoms with Gasteiger partial charge in [-0.25, -0.2) is 0 Å². The lowest BCUT2D eigenvalue weighted by Crippen LogP contribution is -2.15. The largest absolute Gasteiger partial charge is 0.486 e. The van der Waals surface area contributed by atoms with Gasteiger partial charge in [0.2, 0.25) is 0 Å². The van der Waals surface area contributed by atoms with Crippen LogP contribution in [0.5, 0.6) is 11.5 Å². The van der Waals surface area contributed by atoms with Crippen LogP contribution in [0.3, 0.4) is 0 Å². The Hall–Kier alpha value is -2.79. The van der Waals surface area contributed by atoms with E-state index in [9.17, 15) is 4.79 Å².